The van der Waals surface area contributed by atoms with E-state index in [4.69, 9.17) is 14.7 Å². The molecule has 0 spiro atoms. The second kappa shape index (κ2) is 9.32. The summed E-state index contributed by atoms with van der Waals surface area (Å²) in [5, 5.41) is 0. The fraction of sp³-hybridized carbons (Fsp3) is 0.138. The Morgan fingerprint density at radius 3 is 2.21 bits per heavy atom. The third-order valence-electron chi connectivity index (χ3n) is 5.68. The minimum atomic E-state index is -0.380. The van der Waals surface area contributed by atoms with Gasteiger partial charge in [0.05, 0.1) is 11.4 Å². The van der Waals surface area contributed by atoms with Gasteiger partial charge < -0.3 is 4.74 Å². The molecule has 0 N–H and O–H groups in total. The molecule has 0 amide bonds. The van der Waals surface area contributed by atoms with Crippen molar-refractivity contribution in [3.05, 3.63) is 119 Å². The summed E-state index contributed by atoms with van der Waals surface area (Å²) < 4.78 is 7.59. The van der Waals surface area contributed by atoms with Crippen LogP contribution in [-0.4, -0.2) is 20.3 Å². The number of benzene rings is 3. The Bertz CT molecular complexity index is 1460. The SMILES string of the molecule is CC(=O)Oc1c(Cc2ccccc2)nc2c(Cc3cccc(C)c3)nc(-c3ccccc3)cn12. The molecule has 0 atom stereocenters. The van der Waals surface area contributed by atoms with E-state index < -0.39 is 0 Å². The van der Waals surface area contributed by atoms with Gasteiger partial charge in [-0.05, 0) is 18.1 Å². The van der Waals surface area contributed by atoms with Crippen molar-refractivity contribution in [2.75, 3.05) is 0 Å². The number of aromatic nitrogens is 3. The molecule has 5 rings (SSSR count). The summed E-state index contributed by atoms with van der Waals surface area (Å²) in [6.45, 7) is 3.50. The lowest BCUT2D eigenvalue weighted by molar-refractivity contribution is -0.132. The zero-order valence-corrected chi connectivity index (χ0v) is 19.2. The third kappa shape index (κ3) is 4.59. The van der Waals surface area contributed by atoms with E-state index >= 15 is 0 Å². The van der Waals surface area contributed by atoms with Crippen molar-refractivity contribution in [3.8, 4) is 17.1 Å². The highest BCUT2D eigenvalue weighted by Crippen LogP contribution is 2.29. The molecule has 0 aliphatic heterocycles. The minimum Gasteiger partial charge on any atom is -0.407 e. The number of carbonyl (C=O) groups is 1. The van der Waals surface area contributed by atoms with E-state index in [9.17, 15) is 4.79 Å². The summed E-state index contributed by atoms with van der Waals surface area (Å²) in [4.78, 5) is 22.0. The van der Waals surface area contributed by atoms with Gasteiger partial charge in [0.1, 0.15) is 5.69 Å². The van der Waals surface area contributed by atoms with Crippen LogP contribution in [0.1, 0.15) is 35.0 Å². The van der Waals surface area contributed by atoms with Gasteiger partial charge >= 0.3 is 5.97 Å². The quantitative estimate of drug-likeness (QED) is 0.308. The van der Waals surface area contributed by atoms with Gasteiger partial charge in [-0.1, -0.05) is 90.5 Å². The van der Waals surface area contributed by atoms with Gasteiger partial charge in [-0.15, -0.1) is 0 Å². The smallest absolute Gasteiger partial charge is 0.309 e. The van der Waals surface area contributed by atoms with Crippen LogP contribution in [0.4, 0.5) is 0 Å². The van der Waals surface area contributed by atoms with Crippen LogP contribution in [0, 0.1) is 6.92 Å². The highest BCUT2D eigenvalue weighted by atomic mass is 16.5. The lowest BCUT2D eigenvalue weighted by Gasteiger charge is -2.10. The summed E-state index contributed by atoms with van der Waals surface area (Å²) in [5.74, 6) is 0.0610. The average Bonchev–Trinajstić information content (AvgIpc) is 3.17. The third-order valence-corrected chi connectivity index (χ3v) is 5.68. The van der Waals surface area contributed by atoms with Crippen molar-refractivity contribution in [1.82, 2.24) is 14.4 Å². The van der Waals surface area contributed by atoms with Crippen LogP contribution in [0.5, 0.6) is 5.88 Å². The fourth-order valence-electron chi connectivity index (χ4n) is 4.17. The Morgan fingerprint density at radius 1 is 0.824 bits per heavy atom. The van der Waals surface area contributed by atoms with Crippen molar-refractivity contribution in [2.45, 2.75) is 26.7 Å². The Morgan fingerprint density at radius 2 is 1.50 bits per heavy atom. The monoisotopic (exact) mass is 447 g/mol. The fourth-order valence-corrected chi connectivity index (χ4v) is 4.17. The van der Waals surface area contributed by atoms with Crippen molar-refractivity contribution in [1.29, 1.82) is 0 Å². The zero-order valence-electron chi connectivity index (χ0n) is 19.2. The van der Waals surface area contributed by atoms with Crippen LogP contribution < -0.4 is 4.74 Å². The minimum absolute atomic E-state index is 0.380. The van der Waals surface area contributed by atoms with E-state index in [1.54, 1.807) is 0 Å². The molecule has 0 unspecified atom stereocenters. The Labute approximate surface area is 198 Å². The number of hydrogen-bond donors (Lipinski definition) is 0. The predicted octanol–water partition coefficient (Wildman–Crippen LogP) is 5.81. The van der Waals surface area contributed by atoms with Gasteiger partial charge in [-0.2, -0.15) is 0 Å². The Hall–Kier alpha value is -4.25. The molecule has 5 heteroatoms. The number of ether oxygens (including phenoxy) is 1. The summed E-state index contributed by atoms with van der Waals surface area (Å²) in [6.07, 6.45) is 3.08. The summed E-state index contributed by atoms with van der Waals surface area (Å²) >= 11 is 0. The average molecular weight is 448 g/mol. The Kier molecular flexibility index (Phi) is 5.91. The van der Waals surface area contributed by atoms with E-state index in [1.165, 1.54) is 12.5 Å². The Balaban J connectivity index is 1.71. The van der Waals surface area contributed by atoms with Crippen molar-refractivity contribution >= 4 is 11.6 Å². The van der Waals surface area contributed by atoms with Gasteiger partial charge in [0.25, 0.3) is 0 Å². The number of fused-ring (bicyclic) bond motifs is 1. The second-order valence-corrected chi connectivity index (χ2v) is 8.42. The number of nitrogens with zero attached hydrogens (tertiary/aromatic N) is 3. The standard InChI is InChI=1S/C29H25N3O2/c1-20-10-9-13-23(16-20)18-25-28-31-26(17-22-11-5-3-6-12-22)29(34-21(2)33)32(28)19-27(30-25)24-14-7-4-8-15-24/h3-16,19H,17-18H2,1-2H3. The molecule has 3 aromatic carbocycles. The van der Waals surface area contributed by atoms with Crippen molar-refractivity contribution in [2.24, 2.45) is 0 Å². The molecular weight excluding hydrogens is 422 g/mol. The lowest BCUT2D eigenvalue weighted by Crippen LogP contribution is -2.07. The maximum absolute atomic E-state index is 12.0. The zero-order chi connectivity index (χ0) is 23.5. The molecule has 0 radical (unpaired) electrons. The highest BCUT2D eigenvalue weighted by molar-refractivity contribution is 5.71. The molecule has 0 aliphatic rings. The molecule has 168 valence electrons. The van der Waals surface area contributed by atoms with Crippen LogP contribution in [0.15, 0.2) is 91.1 Å². The first kappa shape index (κ1) is 21.6. The van der Waals surface area contributed by atoms with Gasteiger partial charge in [-0.25, -0.2) is 9.97 Å². The number of aryl methyl sites for hydroxylation is 1. The number of esters is 1. The van der Waals surface area contributed by atoms with E-state index in [-0.39, 0.29) is 5.97 Å². The first-order chi connectivity index (χ1) is 16.6. The van der Waals surface area contributed by atoms with E-state index in [0.29, 0.717) is 30.1 Å². The molecular formula is C29H25N3O2. The van der Waals surface area contributed by atoms with Gasteiger partial charge in [0, 0.05) is 31.5 Å². The first-order valence-electron chi connectivity index (χ1n) is 11.3. The summed E-state index contributed by atoms with van der Waals surface area (Å²) in [5.41, 5.74) is 7.47. The van der Waals surface area contributed by atoms with Crippen LogP contribution in [0.25, 0.3) is 16.9 Å². The molecule has 5 aromatic rings. The lowest BCUT2D eigenvalue weighted by atomic mass is 10.1. The molecule has 2 heterocycles. The maximum atomic E-state index is 12.0. The number of hydrogen-bond acceptors (Lipinski definition) is 4. The van der Waals surface area contributed by atoms with Crippen LogP contribution in [-0.2, 0) is 17.6 Å². The summed E-state index contributed by atoms with van der Waals surface area (Å²) in [6, 6.07) is 28.5. The van der Waals surface area contributed by atoms with Crippen molar-refractivity contribution in [3.63, 3.8) is 0 Å². The number of carbonyl (C=O) groups excluding carboxylic acids is 1. The highest BCUT2D eigenvalue weighted by Gasteiger charge is 2.21. The molecule has 2 aromatic heterocycles. The number of rotatable bonds is 6. The predicted molar refractivity (Wildman–Crippen MR) is 133 cm³/mol. The van der Waals surface area contributed by atoms with Crippen LogP contribution in [0.2, 0.25) is 0 Å². The van der Waals surface area contributed by atoms with Gasteiger partial charge in [0.15, 0.2) is 5.65 Å². The van der Waals surface area contributed by atoms with E-state index in [2.05, 4.69) is 31.2 Å². The van der Waals surface area contributed by atoms with Crippen LogP contribution >= 0.6 is 0 Å². The molecule has 0 saturated carbocycles. The van der Waals surface area contributed by atoms with E-state index in [0.717, 1.165) is 28.1 Å². The van der Waals surface area contributed by atoms with Gasteiger partial charge in [-0.3, -0.25) is 9.20 Å². The van der Waals surface area contributed by atoms with Gasteiger partial charge in [0.2, 0.25) is 5.88 Å². The normalized spacial score (nSPS) is 11.0. The largest absolute Gasteiger partial charge is 0.407 e. The topological polar surface area (TPSA) is 56.5 Å². The molecule has 0 saturated heterocycles. The molecule has 0 bridgehead atoms. The van der Waals surface area contributed by atoms with Crippen LogP contribution in [0.3, 0.4) is 0 Å². The first-order valence-corrected chi connectivity index (χ1v) is 11.3. The molecule has 0 fully saturated rings. The molecule has 0 aliphatic carbocycles. The molecule has 34 heavy (non-hydrogen) atoms. The molecule has 5 nitrogen and oxygen atoms in total. The second-order valence-electron chi connectivity index (χ2n) is 8.42. The van der Waals surface area contributed by atoms with E-state index in [1.807, 2.05) is 71.3 Å². The van der Waals surface area contributed by atoms with Crippen molar-refractivity contribution < 1.29 is 9.53 Å². The number of imidazole rings is 1. The maximum Gasteiger partial charge on any atom is 0.309 e. The summed E-state index contributed by atoms with van der Waals surface area (Å²) in [7, 11) is 0.